The van der Waals surface area contributed by atoms with E-state index in [9.17, 15) is 13.2 Å². The fourth-order valence-corrected chi connectivity index (χ4v) is 4.19. The lowest BCUT2D eigenvalue weighted by Gasteiger charge is -2.14. The number of carbonyl (C=O) groups excluding carboxylic acids is 1. The first-order valence-electron chi connectivity index (χ1n) is 5.91. The van der Waals surface area contributed by atoms with Gasteiger partial charge in [-0.1, -0.05) is 30.3 Å². The zero-order valence-corrected chi connectivity index (χ0v) is 13.3. The van der Waals surface area contributed by atoms with Crippen molar-refractivity contribution in [3.63, 3.8) is 0 Å². The number of hydrogen-bond acceptors (Lipinski definition) is 3. The highest BCUT2D eigenvalue weighted by atomic mass is 127. The SMILES string of the molecule is O=C1c2cc(I)ccc2S(=O)(=O)N1Cc1ccccc1. The van der Waals surface area contributed by atoms with Crippen LogP contribution in [0.4, 0.5) is 0 Å². The van der Waals surface area contributed by atoms with E-state index >= 15 is 0 Å². The van der Waals surface area contributed by atoms with Crippen LogP contribution in [0.3, 0.4) is 0 Å². The highest BCUT2D eigenvalue weighted by Crippen LogP contribution is 2.32. The van der Waals surface area contributed by atoms with E-state index in [4.69, 9.17) is 0 Å². The van der Waals surface area contributed by atoms with Crippen LogP contribution in [0.15, 0.2) is 53.4 Å². The lowest BCUT2D eigenvalue weighted by atomic mass is 10.2. The first-order valence-corrected chi connectivity index (χ1v) is 8.42. The number of nitrogens with zero attached hydrogens (tertiary/aromatic N) is 1. The Labute approximate surface area is 130 Å². The van der Waals surface area contributed by atoms with E-state index in [1.54, 1.807) is 24.3 Å². The molecule has 6 heteroatoms. The van der Waals surface area contributed by atoms with Crippen LogP contribution in [0.5, 0.6) is 0 Å². The monoisotopic (exact) mass is 399 g/mol. The maximum Gasteiger partial charge on any atom is 0.269 e. The Hall–Kier alpha value is -1.41. The molecule has 0 fully saturated rings. The van der Waals surface area contributed by atoms with Gasteiger partial charge in [-0.25, -0.2) is 12.7 Å². The highest BCUT2D eigenvalue weighted by Gasteiger charge is 2.40. The molecule has 0 radical (unpaired) electrons. The first kappa shape index (κ1) is 13.6. The second-order valence-electron chi connectivity index (χ2n) is 4.44. The molecule has 1 aliphatic rings. The fourth-order valence-electron chi connectivity index (χ4n) is 2.16. The summed E-state index contributed by atoms with van der Waals surface area (Å²) >= 11 is 2.06. The molecular formula is C14H10INO3S. The molecule has 0 saturated carbocycles. The molecule has 0 unspecified atom stereocenters. The second-order valence-corrected chi connectivity index (χ2v) is 7.52. The van der Waals surface area contributed by atoms with Gasteiger partial charge < -0.3 is 0 Å². The number of rotatable bonds is 2. The fraction of sp³-hybridized carbons (Fsp3) is 0.0714. The smallest absolute Gasteiger partial charge is 0.268 e. The summed E-state index contributed by atoms with van der Waals surface area (Å²) in [5.41, 5.74) is 1.04. The third-order valence-electron chi connectivity index (χ3n) is 3.14. The van der Waals surface area contributed by atoms with E-state index in [-0.39, 0.29) is 17.0 Å². The van der Waals surface area contributed by atoms with E-state index in [0.717, 1.165) is 13.4 Å². The average molecular weight is 399 g/mol. The average Bonchev–Trinajstić information content (AvgIpc) is 2.61. The molecule has 0 spiro atoms. The number of halogens is 1. The van der Waals surface area contributed by atoms with Crippen molar-refractivity contribution in [2.24, 2.45) is 0 Å². The minimum absolute atomic E-state index is 0.0628. The Kier molecular flexibility index (Phi) is 3.29. The molecule has 0 atom stereocenters. The Morgan fingerprint density at radius 1 is 1.05 bits per heavy atom. The van der Waals surface area contributed by atoms with Gasteiger partial charge in [0.25, 0.3) is 15.9 Å². The predicted molar refractivity (Wildman–Crippen MR) is 82.7 cm³/mol. The van der Waals surface area contributed by atoms with E-state index in [1.165, 1.54) is 6.07 Å². The molecule has 2 aromatic carbocycles. The number of carbonyl (C=O) groups is 1. The molecule has 0 aromatic heterocycles. The van der Waals surface area contributed by atoms with Gasteiger partial charge in [-0.2, -0.15) is 0 Å². The largest absolute Gasteiger partial charge is 0.269 e. The number of benzene rings is 2. The van der Waals surface area contributed by atoms with Crippen molar-refractivity contribution in [1.29, 1.82) is 0 Å². The van der Waals surface area contributed by atoms with Gasteiger partial charge in [-0.05, 0) is 46.4 Å². The minimum Gasteiger partial charge on any atom is -0.268 e. The standard InChI is InChI=1S/C14H10INO3S/c15-11-6-7-13-12(8-11)14(17)16(20(13,18)19)9-10-4-2-1-3-5-10/h1-8H,9H2. The topological polar surface area (TPSA) is 54.5 Å². The van der Waals surface area contributed by atoms with Crippen molar-refractivity contribution in [2.45, 2.75) is 11.4 Å². The molecule has 2 aromatic rings. The van der Waals surface area contributed by atoms with Crippen molar-refractivity contribution >= 4 is 38.5 Å². The quantitative estimate of drug-likeness (QED) is 0.730. The lowest BCUT2D eigenvalue weighted by Crippen LogP contribution is -2.29. The summed E-state index contributed by atoms with van der Waals surface area (Å²) in [6.07, 6.45) is 0. The van der Waals surface area contributed by atoms with Crippen LogP contribution in [0.1, 0.15) is 15.9 Å². The molecule has 4 nitrogen and oxygen atoms in total. The van der Waals surface area contributed by atoms with Crippen LogP contribution in [0, 0.1) is 3.57 Å². The van der Waals surface area contributed by atoms with Gasteiger partial charge in [-0.3, -0.25) is 4.79 Å². The second kappa shape index (κ2) is 4.85. The molecule has 102 valence electrons. The first-order chi connectivity index (χ1) is 9.50. The molecule has 3 rings (SSSR count). The van der Waals surface area contributed by atoms with E-state index in [2.05, 4.69) is 22.6 Å². The third-order valence-corrected chi connectivity index (χ3v) is 5.59. The maximum atomic E-state index is 12.4. The number of sulfonamides is 1. The predicted octanol–water partition coefficient (Wildman–Crippen LogP) is 2.64. The van der Waals surface area contributed by atoms with Gasteiger partial charge in [0.15, 0.2) is 0 Å². The zero-order valence-electron chi connectivity index (χ0n) is 10.3. The van der Waals surface area contributed by atoms with Gasteiger partial charge in [0.1, 0.15) is 4.90 Å². The lowest BCUT2D eigenvalue weighted by molar-refractivity contribution is 0.0865. The van der Waals surface area contributed by atoms with Gasteiger partial charge in [0, 0.05) is 3.57 Å². The number of amides is 1. The van der Waals surface area contributed by atoms with Crippen LogP contribution in [-0.2, 0) is 16.6 Å². The normalized spacial score (nSPS) is 16.2. The summed E-state index contributed by atoms with van der Waals surface area (Å²) in [5, 5.41) is 0. The third kappa shape index (κ3) is 2.12. The summed E-state index contributed by atoms with van der Waals surface area (Å²) in [4.78, 5) is 12.4. The molecule has 0 saturated heterocycles. The van der Waals surface area contributed by atoms with Crippen LogP contribution >= 0.6 is 22.6 Å². The molecule has 0 aliphatic carbocycles. The van der Waals surface area contributed by atoms with Gasteiger partial charge in [0.2, 0.25) is 0 Å². The Bertz CT molecular complexity index is 787. The van der Waals surface area contributed by atoms with E-state index in [1.807, 2.05) is 18.2 Å². The molecule has 0 bridgehead atoms. The number of fused-ring (bicyclic) bond motifs is 1. The molecule has 1 aliphatic heterocycles. The Morgan fingerprint density at radius 2 is 1.75 bits per heavy atom. The highest BCUT2D eigenvalue weighted by molar-refractivity contribution is 14.1. The molecule has 20 heavy (non-hydrogen) atoms. The van der Waals surface area contributed by atoms with Crippen LogP contribution in [-0.4, -0.2) is 18.6 Å². The summed E-state index contributed by atoms with van der Waals surface area (Å²) in [6.45, 7) is 0.0628. The van der Waals surface area contributed by atoms with Crippen molar-refractivity contribution in [3.05, 3.63) is 63.2 Å². The van der Waals surface area contributed by atoms with Crippen LogP contribution < -0.4 is 0 Å². The van der Waals surface area contributed by atoms with Crippen molar-refractivity contribution in [2.75, 3.05) is 0 Å². The summed E-state index contributed by atoms with van der Waals surface area (Å²) < 4.78 is 26.6. The number of hydrogen-bond donors (Lipinski definition) is 0. The maximum absolute atomic E-state index is 12.4. The van der Waals surface area contributed by atoms with Crippen molar-refractivity contribution in [1.82, 2.24) is 4.31 Å². The van der Waals surface area contributed by atoms with E-state index < -0.39 is 15.9 Å². The van der Waals surface area contributed by atoms with E-state index in [0.29, 0.717) is 0 Å². The molecule has 1 heterocycles. The molecular weight excluding hydrogens is 389 g/mol. The van der Waals surface area contributed by atoms with Crippen LogP contribution in [0.2, 0.25) is 0 Å². The summed E-state index contributed by atoms with van der Waals surface area (Å²) in [6, 6.07) is 13.9. The van der Waals surface area contributed by atoms with Crippen molar-refractivity contribution < 1.29 is 13.2 Å². The minimum atomic E-state index is -3.73. The molecule has 0 N–H and O–H groups in total. The summed E-state index contributed by atoms with van der Waals surface area (Å²) in [5.74, 6) is -0.456. The van der Waals surface area contributed by atoms with Gasteiger partial charge in [-0.15, -0.1) is 0 Å². The van der Waals surface area contributed by atoms with Gasteiger partial charge in [0.05, 0.1) is 12.1 Å². The molecule has 1 amide bonds. The zero-order chi connectivity index (χ0) is 14.3. The van der Waals surface area contributed by atoms with Gasteiger partial charge >= 0.3 is 0 Å². The van der Waals surface area contributed by atoms with Crippen molar-refractivity contribution in [3.8, 4) is 0 Å². The summed E-state index contributed by atoms with van der Waals surface area (Å²) in [7, 11) is -3.73. The van der Waals surface area contributed by atoms with Crippen LogP contribution in [0.25, 0.3) is 0 Å². The Morgan fingerprint density at radius 3 is 2.45 bits per heavy atom. The Balaban J connectivity index is 2.05.